The second kappa shape index (κ2) is 6.43. The summed E-state index contributed by atoms with van der Waals surface area (Å²) in [5.74, 6) is -0.530. The number of hydrogen-bond donors (Lipinski definition) is 1. The smallest absolute Gasteiger partial charge is 0.303 e. The molecule has 1 fully saturated rings. The fraction of sp³-hybridized carbons (Fsp3) is 0.500. The van der Waals surface area contributed by atoms with Crippen molar-refractivity contribution in [3.8, 4) is 0 Å². The predicted molar refractivity (Wildman–Crippen MR) is 82.7 cm³/mol. The van der Waals surface area contributed by atoms with E-state index in [4.69, 9.17) is 5.11 Å². The van der Waals surface area contributed by atoms with Crippen LogP contribution in [0, 0.1) is 23.0 Å². The number of benzene rings is 1. The summed E-state index contributed by atoms with van der Waals surface area (Å²) >= 11 is 3.40. The van der Waals surface area contributed by atoms with Gasteiger partial charge >= 0.3 is 5.97 Å². The fourth-order valence-corrected chi connectivity index (χ4v) is 3.30. The first kappa shape index (κ1) is 15.8. The van der Waals surface area contributed by atoms with Crippen LogP contribution in [0.3, 0.4) is 0 Å². The summed E-state index contributed by atoms with van der Waals surface area (Å²) in [7, 11) is 0. The maximum absolute atomic E-state index is 10.9. The molecule has 1 aromatic carbocycles. The molecule has 0 unspecified atom stereocenters. The number of rotatable bonds is 4. The number of halogens is 1. The average Bonchev–Trinajstić information content (AvgIpc) is 2.41. The summed E-state index contributed by atoms with van der Waals surface area (Å²) in [5, 5.41) is 19.7. The minimum atomic E-state index is -0.749. The molecule has 1 aliphatic heterocycles. The molecule has 0 radical (unpaired) electrons. The van der Waals surface area contributed by atoms with E-state index in [0.717, 1.165) is 31.6 Å². The van der Waals surface area contributed by atoms with Gasteiger partial charge in [0.2, 0.25) is 0 Å². The van der Waals surface area contributed by atoms with Crippen molar-refractivity contribution in [3.63, 3.8) is 0 Å². The van der Waals surface area contributed by atoms with E-state index < -0.39 is 5.97 Å². The third-order valence-electron chi connectivity index (χ3n) is 3.88. The summed E-state index contributed by atoms with van der Waals surface area (Å²) in [6.45, 7) is 3.27. The van der Waals surface area contributed by atoms with E-state index in [-0.39, 0.29) is 22.9 Å². The lowest BCUT2D eigenvalue weighted by molar-refractivity contribution is -0.385. The first-order chi connectivity index (χ1) is 9.88. The number of aliphatic carboxylic acids is 1. The quantitative estimate of drug-likeness (QED) is 0.660. The van der Waals surface area contributed by atoms with Gasteiger partial charge in [0, 0.05) is 35.6 Å². The Labute approximate surface area is 131 Å². The third-order valence-corrected chi connectivity index (χ3v) is 4.52. The molecule has 0 spiro atoms. The molecule has 1 N–H and O–H groups in total. The maximum atomic E-state index is 10.9. The topological polar surface area (TPSA) is 83.7 Å². The van der Waals surface area contributed by atoms with Gasteiger partial charge in [0.05, 0.1) is 10.6 Å². The Morgan fingerprint density at radius 1 is 1.48 bits per heavy atom. The van der Waals surface area contributed by atoms with Crippen LogP contribution in [-0.2, 0) is 4.79 Å². The minimum absolute atomic E-state index is 0.103. The number of piperidine rings is 1. The lowest BCUT2D eigenvalue weighted by Crippen LogP contribution is -2.34. The van der Waals surface area contributed by atoms with Crippen LogP contribution in [0.25, 0.3) is 0 Å². The van der Waals surface area contributed by atoms with E-state index in [1.807, 2.05) is 6.07 Å². The van der Waals surface area contributed by atoms with Gasteiger partial charge in [-0.25, -0.2) is 0 Å². The molecule has 1 heterocycles. The lowest BCUT2D eigenvalue weighted by Gasteiger charge is -2.33. The van der Waals surface area contributed by atoms with E-state index in [1.165, 1.54) is 6.07 Å². The monoisotopic (exact) mass is 356 g/mol. The lowest BCUT2D eigenvalue weighted by atomic mass is 9.93. The molecule has 6 nitrogen and oxygen atoms in total. The zero-order valence-corrected chi connectivity index (χ0v) is 13.3. The number of carboxylic acid groups (broad SMARTS) is 1. The maximum Gasteiger partial charge on any atom is 0.303 e. The zero-order valence-electron chi connectivity index (χ0n) is 11.7. The first-order valence-corrected chi connectivity index (χ1v) is 7.59. The number of carboxylic acids is 1. The van der Waals surface area contributed by atoms with Gasteiger partial charge in [-0.15, -0.1) is 0 Å². The molecule has 0 bridgehead atoms. The third kappa shape index (κ3) is 3.72. The Balaban J connectivity index is 2.12. The Morgan fingerprint density at radius 2 is 2.10 bits per heavy atom. The summed E-state index contributed by atoms with van der Waals surface area (Å²) < 4.78 is 0.705. The van der Waals surface area contributed by atoms with Gasteiger partial charge in [-0.3, -0.25) is 14.9 Å². The molecule has 0 atom stereocenters. The SMILES string of the molecule is Cc1cc(N2CCC(CC(=O)O)CC2)c(Br)cc1[N+](=O)[O-]. The van der Waals surface area contributed by atoms with Gasteiger partial charge in [0.25, 0.3) is 5.69 Å². The molecule has 0 amide bonds. The van der Waals surface area contributed by atoms with Crippen molar-refractivity contribution in [1.29, 1.82) is 0 Å². The highest BCUT2D eigenvalue weighted by Crippen LogP contribution is 2.35. The molecular formula is C14H17BrN2O4. The number of hydrogen-bond acceptors (Lipinski definition) is 4. The number of carbonyl (C=O) groups is 1. The second-order valence-corrected chi connectivity index (χ2v) is 6.23. The van der Waals surface area contributed by atoms with Crippen molar-refractivity contribution >= 4 is 33.3 Å². The summed E-state index contributed by atoms with van der Waals surface area (Å²) in [5.41, 5.74) is 1.67. The Hall–Kier alpha value is -1.63. The number of anilines is 1. The summed E-state index contributed by atoms with van der Waals surface area (Å²) in [6.07, 6.45) is 1.87. The van der Waals surface area contributed by atoms with Gasteiger partial charge < -0.3 is 10.0 Å². The minimum Gasteiger partial charge on any atom is -0.481 e. The van der Waals surface area contributed by atoms with Gasteiger partial charge in [0.1, 0.15) is 0 Å². The average molecular weight is 357 g/mol. The number of aryl methyl sites for hydroxylation is 1. The number of nitro groups is 1. The van der Waals surface area contributed by atoms with Crippen LogP contribution in [-0.4, -0.2) is 29.1 Å². The van der Waals surface area contributed by atoms with E-state index in [9.17, 15) is 14.9 Å². The highest BCUT2D eigenvalue weighted by atomic mass is 79.9. The highest BCUT2D eigenvalue weighted by Gasteiger charge is 2.24. The van der Waals surface area contributed by atoms with Crippen molar-refractivity contribution in [3.05, 3.63) is 32.3 Å². The van der Waals surface area contributed by atoms with E-state index >= 15 is 0 Å². The number of nitro benzene ring substituents is 1. The van der Waals surface area contributed by atoms with Gasteiger partial charge in [-0.1, -0.05) is 0 Å². The van der Waals surface area contributed by atoms with Crippen LogP contribution in [0.5, 0.6) is 0 Å². The second-order valence-electron chi connectivity index (χ2n) is 5.38. The molecule has 21 heavy (non-hydrogen) atoms. The first-order valence-electron chi connectivity index (χ1n) is 6.79. The van der Waals surface area contributed by atoms with Crippen molar-refractivity contribution in [1.82, 2.24) is 0 Å². The molecular weight excluding hydrogens is 340 g/mol. The van der Waals surface area contributed by atoms with Crippen LogP contribution in [0.2, 0.25) is 0 Å². The van der Waals surface area contributed by atoms with Crippen LogP contribution in [0.15, 0.2) is 16.6 Å². The Kier molecular flexibility index (Phi) is 4.82. The molecule has 1 saturated heterocycles. The summed E-state index contributed by atoms with van der Waals surface area (Å²) in [4.78, 5) is 23.4. The van der Waals surface area contributed by atoms with Gasteiger partial charge in [-0.2, -0.15) is 0 Å². The highest BCUT2D eigenvalue weighted by molar-refractivity contribution is 9.10. The molecule has 0 aliphatic carbocycles. The van der Waals surface area contributed by atoms with E-state index in [2.05, 4.69) is 20.8 Å². The standard InChI is InChI=1S/C14H17BrN2O4/c1-9-6-13(11(15)8-12(9)17(20)21)16-4-2-10(3-5-16)7-14(18)19/h6,8,10H,2-5,7H2,1H3,(H,18,19). The van der Waals surface area contributed by atoms with Crippen LogP contribution < -0.4 is 4.90 Å². The normalized spacial score (nSPS) is 16.0. The van der Waals surface area contributed by atoms with Gasteiger partial charge in [-0.05, 0) is 47.7 Å². The van der Waals surface area contributed by atoms with Crippen molar-refractivity contribution in [2.24, 2.45) is 5.92 Å². The van der Waals surface area contributed by atoms with E-state index in [1.54, 1.807) is 6.92 Å². The van der Waals surface area contributed by atoms with Crippen molar-refractivity contribution < 1.29 is 14.8 Å². The Morgan fingerprint density at radius 3 is 2.62 bits per heavy atom. The zero-order chi connectivity index (χ0) is 15.6. The largest absolute Gasteiger partial charge is 0.481 e. The van der Waals surface area contributed by atoms with Gasteiger partial charge in [0.15, 0.2) is 0 Å². The van der Waals surface area contributed by atoms with E-state index in [0.29, 0.717) is 10.0 Å². The molecule has 1 aromatic rings. The predicted octanol–water partition coefficient (Wildman–Crippen LogP) is 3.36. The van der Waals surface area contributed by atoms with Crippen molar-refractivity contribution in [2.75, 3.05) is 18.0 Å². The number of nitrogens with zero attached hydrogens (tertiary/aromatic N) is 2. The Bertz CT molecular complexity index is 568. The summed E-state index contributed by atoms with van der Waals surface area (Å²) in [6, 6.07) is 3.35. The molecule has 0 aromatic heterocycles. The van der Waals surface area contributed by atoms with Crippen LogP contribution in [0.1, 0.15) is 24.8 Å². The van der Waals surface area contributed by atoms with Crippen LogP contribution in [0.4, 0.5) is 11.4 Å². The fourth-order valence-electron chi connectivity index (χ4n) is 2.72. The molecule has 114 valence electrons. The molecule has 2 rings (SSSR count). The van der Waals surface area contributed by atoms with Crippen LogP contribution >= 0.6 is 15.9 Å². The molecule has 1 aliphatic rings. The molecule has 0 saturated carbocycles. The molecule has 7 heteroatoms. The van der Waals surface area contributed by atoms with Crippen molar-refractivity contribution in [2.45, 2.75) is 26.2 Å².